The summed E-state index contributed by atoms with van der Waals surface area (Å²) in [6.45, 7) is 8.69. The van der Waals surface area contributed by atoms with Gasteiger partial charge in [-0.15, -0.1) is 54.1 Å². The number of aromatic nitrogens is 4. The molecule has 55 heavy (non-hydrogen) atoms. The first-order chi connectivity index (χ1) is 27.0. The molecule has 275 valence electrons. The van der Waals surface area contributed by atoms with Gasteiger partial charge in [-0.25, -0.2) is 4.57 Å². The number of imidazole rings is 1. The minimum atomic E-state index is -1.77. The summed E-state index contributed by atoms with van der Waals surface area (Å²) in [5.74, 6) is 0.565. The van der Waals surface area contributed by atoms with Gasteiger partial charge in [0, 0.05) is 46.2 Å². The molecular formula is C48H43IrN4OSi-. The third-order valence-electron chi connectivity index (χ3n) is 9.68. The van der Waals surface area contributed by atoms with Gasteiger partial charge < -0.3 is 14.0 Å². The second-order valence-electron chi connectivity index (χ2n) is 14.6. The van der Waals surface area contributed by atoms with Crippen molar-refractivity contribution in [3.8, 4) is 28.3 Å². The van der Waals surface area contributed by atoms with Gasteiger partial charge in [-0.1, -0.05) is 110 Å². The molecule has 5 nitrogen and oxygen atoms in total. The number of pyridine rings is 2. The number of hydrogen-bond donors (Lipinski definition) is 0. The second-order valence-corrected chi connectivity index (χ2v) is 19.6. The van der Waals surface area contributed by atoms with E-state index in [4.69, 9.17) is 12.1 Å². The molecule has 9 aromatic rings. The molecule has 0 aliphatic carbocycles. The Kier molecular flexibility index (Phi) is 10.3. The maximum Gasteiger partial charge on any atom is 0.211 e. The molecule has 4 aromatic heterocycles. The monoisotopic (exact) mass is 914 g/mol. The second kappa shape index (κ2) is 16.1. The molecule has 4 heterocycles. The number of para-hydroxylation sites is 3. The standard InChI is InChI=1S/C25H17N3O.C23H26NSi.Ir/c1-27-15-14-18-19-10-7-11-20(24(19)29-23(18)16-27)25-26-21-12-5-6-13-22(21)28(25)17-8-3-2-4-9-17;1-18(19-11-7-5-8-12-19)15-21-16-22(20-13-9-6-10-14-20)24-17-23(21)25(2,3)4;/h2-10,12-16H,1H3;5-13,16-18H,15H2,1-4H3;/q;-1;/i;15D2;. The molecule has 0 saturated carbocycles. The van der Waals surface area contributed by atoms with Crippen molar-refractivity contribution in [3.05, 3.63) is 175 Å². The summed E-state index contributed by atoms with van der Waals surface area (Å²) in [7, 11) is 0.223. The van der Waals surface area contributed by atoms with Crippen LogP contribution in [0, 0.1) is 12.1 Å². The van der Waals surface area contributed by atoms with E-state index in [-0.39, 0.29) is 26.0 Å². The van der Waals surface area contributed by atoms with Crippen LogP contribution in [0.3, 0.4) is 0 Å². The van der Waals surface area contributed by atoms with Gasteiger partial charge in [0.2, 0.25) is 6.20 Å². The fourth-order valence-electron chi connectivity index (χ4n) is 6.92. The van der Waals surface area contributed by atoms with Crippen molar-refractivity contribution in [2.75, 3.05) is 0 Å². The van der Waals surface area contributed by atoms with Crippen LogP contribution in [0.2, 0.25) is 19.6 Å². The minimum Gasteiger partial charge on any atom is -0.495 e. The summed E-state index contributed by atoms with van der Waals surface area (Å²) < 4.78 is 28.6. The zero-order valence-corrected chi connectivity index (χ0v) is 34.9. The van der Waals surface area contributed by atoms with Crippen LogP contribution in [0.5, 0.6) is 0 Å². The van der Waals surface area contributed by atoms with Gasteiger partial charge in [0.1, 0.15) is 7.05 Å². The Bertz CT molecular complexity index is 2800. The van der Waals surface area contributed by atoms with E-state index in [9.17, 15) is 0 Å². The van der Waals surface area contributed by atoms with Gasteiger partial charge in [0.05, 0.1) is 30.5 Å². The third-order valence-corrected chi connectivity index (χ3v) is 11.7. The van der Waals surface area contributed by atoms with Crippen LogP contribution in [0.15, 0.2) is 156 Å². The molecule has 0 fully saturated rings. The number of hydrogen-bond acceptors (Lipinski definition) is 3. The number of benzene rings is 5. The van der Waals surface area contributed by atoms with E-state index in [1.165, 1.54) is 0 Å². The van der Waals surface area contributed by atoms with Crippen molar-refractivity contribution >= 4 is 46.2 Å². The smallest absolute Gasteiger partial charge is 0.211 e. The van der Waals surface area contributed by atoms with Crippen LogP contribution in [0.1, 0.15) is 26.7 Å². The van der Waals surface area contributed by atoms with Crippen molar-refractivity contribution < 1.29 is 31.8 Å². The average molecular weight is 914 g/mol. The first-order valence-electron chi connectivity index (χ1n) is 19.3. The molecule has 0 bridgehead atoms. The quantitative estimate of drug-likeness (QED) is 0.0909. The predicted octanol–water partition coefficient (Wildman–Crippen LogP) is 10.7. The Morgan fingerprint density at radius 1 is 0.836 bits per heavy atom. The number of furan rings is 1. The molecule has 0 N–H and O–H groups in total. The normalized spacial score (nSPS) is 12.7. The van der Waals surface area contributed by atoms with E-state index < -0.39 is 14.4 Å². The van der Waals surface area contributed by atoms with Crippen molar-refractivity contribution in [2.24, 2.45) is 7.05 Å². The molecule has 1 atom stereocenters. The van der Waals surface area contributed by atoms with Crippen molar-refractivity contribution in [1.29, 1.82) is 0 Å². The zero-order valence-electron chi connectivity index (χ0n) is 33.5. The number of nitrogens with zero attached hydrogens (tertiary/aromatic N) is 4. The van der Waals surface area contributed by atoms with Crippen LogP contribution in [0.25, 0.3) is 61.3 Å². The van der Waals surface area contributed by atoms with E-state index in [2.05, 4.69) is 71.7 Å². The van der Waals surface area contributed by atoms with Crippen LogP contribution >= 0.6 is 0 Å². The molecule has 0 aliphatic rings. The summed E-state index contributed by atoms with van der Waals surface area (Å²) in [6.07, 6.45) is 4.43. The predicted molar refractivity (Wildman–Crippen MR) is 224 cm³/mol. The van der Waals surface area contributed by atoms with Crippen molar-refractivity contribution in [2.45, 2.75) is 38.9 Å². The molecule has 0 aliphatic heterocycles. The fraction of sp³-hybridized carbons (Fsp3) is 0.146. The van der Waals surface area contributed by atoms with E-state index >= 15 is 0 Å². The first-order valence-corrected chi connectivity index (χ1v) is 21.8. The average Bonchev–Trinajstić information content (AvgIpc) is 3.79. The Morgan fingerprint density at radius 2 is 1.56 bits per heavy atom. The van der Waals surface area contributed by atoms with E-state index in [1.54, 1.807) is 0 Å². The number of aryl methyl sites for hydroxylation is 1. The molecule has 7 heteroatoms. The van der Waals surface area contributed by atoms with Gasteiger partial charge in [-0.05, 0) is 53.0 Å². The summed E-state index contributed by atoms with van der Waals surface area (Å²) in [5, 5.41) is 3.24. The van der Waals surface area contributed by atoms with E-state index in [1.807, 2.05) is 140 Å². The maximum atomic E-state index is 9.04. The molecule has 0 spiro atoms. The zero-order chi connectivity index (χ0) is 39.0. The van der Waals surface area contributed by atoms with Gasteiger partial charge >= 0.3 is 0 Å². The van der Waals surface area contributed by atoms with Crippen molar-refractivity contribution in [3.63, 3.8) is 0 Å². The summed E-state index contributed by atoms with van der Waals surface area (Å²) >= 11 is 0. The largest absolute Gasteiger partial charge is 0.495 e. The Morgan fingerprint density at radius 3 is 2.31 bits per heavy atom. The molecule has 9 rings (SSSR count). The topological polar surface area (TPSA) is 47.7 Å². The van der Waals surface area contributed by atoms with Crippen LogP contribution < -0.4 is 9.75 Å². The molecule has 5 aromatic carbocycles. The van der Waals surface area contributed by atoms with Gasteiger partial charge in [-0.3, -0.25) is 4.98 Å². The van der Waals surface area contributed by atoms with Crippen LogP contribution in [0.4, 0.5) is 0 Å². The summed E-state index contributed by atoms with van der Waals surface area (Å²) in [4.78, 5) is 9.62. The maximum absolute atomic E-state index is 9.04. The summed E-state index contributed by atoms with van der Waals surface area (Å²) in [6, 6.07) is 50.8. The SMILES string of the molecule is C[n+]1ccc2c(c1)oc1c(-c3nc4ccccc4n3-c3ccccc3)[c-]ccc12.[2H]C([2H])(c1cc(-c2[c-]cccc2)ncc1[Si](C)(C)C)C(C)c1ccccc1.[Ir]. The van der Waals surface area contributed by atoms with E-state index in [0.717, 1.165) is 77.6 Å². The molecule has 1 radical (unpaired) electrons. The third kappa shape index (κ3) is 7.87. The first kappa shape index (κ1) is 35.3. The Labute approximate surface area is 340 Å². The molecule has 0 amide bonds. The number of fused-ring (bicyclic) bond motifs is 4. The Hall–Kier alpha value is -5.46. The van der Waals surface area contributed by atoms with Crippen molar-refractivity contribution in [1.82, 2.24) is 14.5 Å². The van der Waals surface area contributed by atoms with Crippen LogP contribution in [-0.4, -0.2) is 22.6 Å². The molecular weight excluding hydrogens is 869 g/mol. The number of rotatable bonds is 7. The fourth-order valence-corrected chi connectivity index (χ4v) is 8.32. The summed E-state index contributed by atoms with van der Waals surface area (Å²) in [5.41, 5.74) is 9.02. The molecule has 0 saturated heterocycles. The minimum absolute atomic E-state index is 0. The Balaban J connectivity index is 0.000000172. The van der Waals surface area contributed by atoms with Gasteiger partial charge in [0.15, 0.2) is 11.8 Å². The van der Waals surface area contributed by atoms with Gasteiger partial charge in [0.25, 0.3) is 0 Å². The molecule has 1 unspecified atom stereocenters. The van der Waals surface area contributed by atoms with Gasteiger partial charge in [-0.2, -0.15) is 0 Å². The van der Waals surface area contributed by atoms with E-state index in [0.29, 0.717) is 0 Å². The van der Waals surface area contributed by atoms with Crippen LogP contribution in [-0.2, 0) is 33.5 Å².